The summed E-state index contributed by atoms with van der Waals surface area (Å²) < 4.78 is 10.9. The molecule has 0 aliphatic heterocycles. The lowest BCUT2D eigenvalue weighted by Gasteiger charge is -2.24. The van der Waals surface area contributed by atoms with Crippen molar-refractivity contribution >= 4 is 11.6 Å². The second-order valence-electron chi connectivity index (χ2n) is 4.92. The van der Waals surface area contributed by atoms with E-state index in [1.54, 1.807) is 31.2 Å². The zero-order valence-corrected chi connectivity index (χ0v) is 13.2. The van der Waals surface area contributed by atoms with E-state index in [0.717, 1.165) is 11.4 Å². The summed E-state index contributed by atoms with van der Waals surface area (Å²) in [5.74, 6) is 1.35. The van der Waals surface area contributed by atoms with Crippen LogP contribution < -0.4 is 14.4 Å². The van der Waals surface area contributed by atoms with Gasteiger partial charge in [0.1, 0.15) is 11.5 Å². The predicted molar refractivity (Wildman–Crippen MR) is 87.6 cm³/mol. The van der Waals surface area contributed by atoms with Gasteiger partial charge in [-0.2, -0.15) is 0 Å². The zero-order chi connectivity index (χ0) is 15.9. The van der Waals surface area contributed by atoms with Gasteiger partial charge in [-0.3, -0.25) is 4.79 Å². The number of likely N-dealkylation sites (N-methyl/N-ethyl adjacent to an activating group) is 1. The molecule has 2 aromatic rings. The number of methoxy groups -OCH3 is 1. The first-order valence-corrected chi connectivity index (χ1v) is 7.29. The summed E-state index contributed by atoms with van der Waals surface area (Å²) in [7, 11) is 3.38. The Balaban J connectivity index is 2.08. The number of hydrogen-bond acceptors (Lipinski definition) is 3. The number of nitrogens with zero attached hydrogens (tertiary/aromatic N) is 1. The Labute approximate surface area is 131 Å². The molecule has 22 heavy (non-hydrogen) atoms. The zero-order valence-electron chi connectivity index (χ0n) is 13.2. The van der Waals surface area contributed by atoms with Gasteiger partial charge in [-0.25, -0.2) is 0 Å². The molecule has 4 heteroatoms. The number of carbonyl (C=O) groups is 1. The number of para-hydroxylation sites is 1. The molecular formula is C18H21NO3. The van der Waals surface area contributed by atoms with Gasteiger partial charge in [0.25, 0.3) is 5.91 Å². The van der Waals surface area contributed by atoms with Crippen LogP contribution in [0.15, 0.2) is 54.6 Å². The minimum atomic E-state index is -0.515. The first kappa shape index (κ1) is 15.9. The molecule has 116 valence electrons. The maximum atomic E-state index is 12.6. The van der Waals surface area contributed by atoms with Crippen molar-refractivity contribution in [3.05, 3.63) is 54.6 Å². The van der Waals surface area contributed by atoms with Crippen LogP contribution in [0.25, 0.3) is 0 Å². The van der Waals surface area contributed by atoms with Gasteiger partial charge in [0.15, 0.2) is 6.10 Å². The summed E-state index contributed by atoms with van der Waals surface area (Å²) in [6.45, 7) is 1.94. The molecule has 4 nitrogen and oxygen atoms in total. The van der Waals surface area contributed by atoms with E-state index in [-0.39, 0.29) is 5.91 Å². The fourth-order valence-corrected chi connectivity index (χ4v) is 2.12. The Morgan fingerprint density at radius 3 is 2.18 bits per heavy atom. The molecule has 0 bridgehead atoms. The van der Waals surface area contributed by atoms with Gasteiger partial charge >= 0.3 is 0 Å². The lowest BCUT2D eigenvalue weighted by Crippen LogP contribution is -2.39. The Morgan fingerprint density at radius 1 is 1.05 bits per heavy atom. The normalized spacial score (nSPS) is 11.6. The number of amides is 1. The molecule has 0 aliphatic carbocycles. The highest BCUT2D eigenvalue weighted by atomic mass is 16.5. The average molecular weight is 299 g/mol. The van der Waals surface area contributed by atoms with Crippen LogP contribution in [0.5, 0.6) is 11.5 Å². The highest BCUT2D eigenvalue weighted by Crippen LogP contribution is 2.20. The number of hydrogen-bond donors (Lipinski definition) is 0. The van der Waals surface area contributed by atoms with Crippen LogP contribution in [-0.4, -0.2) is 26.2 Å². The SMILES string of the molecule is CCC(Oc1ccc(OC)cc1)C(=O)N(C)c1ccccc1. The van der Waals surface area contributed by atoms with Gasteiger partial charge in [0, 0.05) is 12.7 Å². The van der Waals surface area contributed by atoms with Gasteiger partial charge in [-0.1, -0.05) is 25.1 Å². The van der Waals surface area contributed by atoms with Gasteiger partial charge in [-0.15, -0.1) is 0 Å². The molecule has 0 heterocycles. The minimum absolute atomic E-state index is 0.0653. The average Bonchev–Trinajstić information content (AvgIpc) is 2.59. The van der Waals surface area contributed by atoms with Crippen LogP contribution >= 0.6 is 0 Å². The van der Waals surface area contributed by atoms with Gasteiger partial charge in [0.2, 0.25) is 0 Å². The predicted octanol–water partition coefficient (Wildman–Crippen LogP) is 3.52. The molecule has 0 aliphatic rings. The lowest BCUT2D eigenvalue weighted by atomic mass is 10.2. The van der Waals surface area contributed by atoms with Gasteiger partial charge in [-0.05, 0) is 42.8 Å². The molecule has 1 unspecified atom stereocenters. The molecular weight excluding hydrogens is 278 g/mol. The topological polar surface area (TPSA) is 38.8 Å². The summed E-state index contributed by atoms with van der Waals surface area (Å²) >= 11 is 0. The van der Waals surface area contributed by atoms with E-state index in [1.807, 2.05) is 49.4 Å². The smallest absolute Gasteiger partial charge is 0.267 e. The standard InChI is InChI=1S/C18H21NO3/c1-4-17(22-16-12-10-15(21-3)11-13-16)18(20)19(2)14-8-6-5-7-9-14/h5-13,17H,4H2,1-3H3. The highest BCUT2D eigenvalue weighted by molar-refractivity contribution is 5.96. The molecule has 1 atom stereocenters. The van der Waals surface area contributed by atoms with Crippen LogP contribution in [0.4, 0.5) is 5.69 Å². The lowest BCUT2D eigenvalue weighted by molar-refractivity contribution is -0.125. The molecule has 0 fully saturated rings. The van der Waals surface area contributed by atoms with E-state index in [2.05, 4.69) is 0 Å². The maximum Gasteiger partial charge on any atom is 0.267 e. The van der Waals surface area contributed by atoms with Crippen LogP contribution in [0.1, 0.15) is 13.3 Å². The maximum absolute atomic E-state index is 12.6. The second kappa shape index (κ2) is 7.50. The summed E-state index contributed by atoms with van der Waals surface area (Å²) in [5, 5.41) is 0. The molecule has 2 aromatic carbocycles. The first-order valence-electron chi connectivity index (χ1n) is 7.29. The molecule has 0 N–H and O–H groups in total. The fraction of sp³-hybridized carbons (Fsp3) is 0.278. The van der Waals surface area contributed by atoms with Gasteiger partial charge in [0.05, 0.1) is 7.11 Å². The third kappa shape index (κ3) is 3.79. The molecule has 1 amide bonds. The summed E-state index contributed by atoms with van der Waals surface area (Å²) in [5.41, 5.74) is 0.851. The van der Waals surface area contributed by atoms with E-state index in [1.165, 1.54) is 0 Å². The van der Waals surface area contributed by atoms with Crippen molar-refractivity contribution < 1.29 is 14.3 Å². The van der Waals surface area contributed by atoms with E-state index in [0.29, 0.717) is 12.2 Å². The molecule has 0 saturated heterocycles. The number of ether oxygens (including phenoxy) is 2. The Hall–Kier alpha value is -2.49. The van der Waals surface area contributed by atoms with Crippen LogP contribution in [0.3, 0.4) is 0 Å². The Morgan fingerprint density at radius 2 is 1.64 bits per heavy atom. The summed E-state index contributed by atoms with van der Waals surface area (Å²) in [4.78, 5) is 14.2. The molecule has 0 aromatic heterocycles. The van der Waals surface area contributed by atoms with Crippen molar-refractivity contribution in [3.8, 4) is 11.5 Å². The highest BCUT2D eigenvalue weighted by Gasteiger charge is 2.23. The van der Waals surface area contributed by atoms with E-state index < -0.39 is 6.10 Å². The van der Waals surface area contributed by atoms with Crippen molar-refractivity contribution in [1.82, 2.24) is 0 Å². The number of benzene rings is 2. The largest absolute Gasteiger partial charge is 0.497 e. The van der Waals surface area contributed by atoms with Crippen molar-refractivity contribution in [3.63, 3.8) is 0 Å². The van der Waals surface area contributed by atoms with Crippen LogP contribution in [0, 0.1) is 0 Å². The van der Waals surface area contributed by atoms with E-state index in [4.69, 9.17) is 9.47 Å². The van der Waals surface area contributed by atoms with Crippen molar-refractivity contribution in [2.75, 3.05) is 19.1 Å². The van der Waals surface area contributed by atoms with Crippen LogP contribution in [0.2, 0.25) is 0 Å². The fourth-order valence-electron chi connectivity index (χ4n) is 2.12. The van der Waals surface area contributed by atoms with E-state index in [9.17, 15) is 4.79 Å². The number of anilines is 1. The Kier molecular flexibility index (Phi) is 5.42. The van der Waals surface area contributed by atoms with Crippen molar-refractivity contribution in [2.45, 2.75) is 19.4 Å². The molecule has 2 rings (SSSR count). The number of rotatable bonds is 6. The quantitative estimate of drug-likeness (QED) is 0.819. The minimum Gasteiger partial charge on any atom is -0.497 e. The first-order chi connectivity index (χ1) is 10.7. The summed E-state index contributed by atoms with van der Waals surface area (Å²) in [6, 6.07) is 16.8. The van der Waals surface area contributed by atoms with Crippen molar-refractivity contribution in [1.29, 1.82) is 0 Å². The monoisotopic (exact) mass is 299 g/mol. The van der Waals surface area contributed by atoms with E-state index >= 15 is 0 Å². The third-order valence-electron chi connectivity index (χ3n) is 3.46. The van der Waals surface area contributed by atoms with Crippen LogP contribution in [-0.2, 0) is 4.79 Å². The molecule has 0 radical (unpaired) electrons. The number of carbonyl (C=O) groups excluding carboxylic acids is 1. The van der Waals surface area contributed by atoms with Gasteiger partial charge < -0.3 is 14.4 Å². The molecule has 0 spiro atoms. The second-order valence-corrected chi connectivity index (χ2v) is 4.92. The Bertz CT molecular complexity index is 595. The van der Waals surface area contributed by atoms with Crippen molar-refractivity contribution in [2.24, 2.45) is 0 Å². The molecule has 0 saturated carbocycles. The third-order valence-corrected chi connectivity index (χ3v) is 3.46. The summed E-state index contributed by atoms with van der Waals surface area (Å²) in [6.07, 6.45) is 0.0841.